The zero-order valence-corrected chi connectivity index (χ0v) is 18.4. The normalized spacial score (nSPS) is 11.3. The average Bonchev–Trinajstić information content (AvgIpc) is 2.78. The molecule has 1 heterocycles. The van der Waals surface area contributed by atoms with Crippen LogP contribution < -0.4 is 10.1 Å². The molecule has 9 heteroatoms. The smallest absolute Gasteiger partial charge is 0.243 e. The van der Waals surface area contributed by atoms with Crippen LogP contribution in [-0.4, -0.2) is 37.3 Å². The summed E-state index contributed by atoms with van der Waals surface area (Å²) in [6.07, 6.45) is 1.63. The largest absolute Gasteiger partial charge is 0.495 e. The van der Waals surface area contributed by atoms with Crippen molar-refractivity contribution in [2.24, 2.45) is 0 Å². The van der Waals surface area contributed by atoms with Crippen molar-refractivity contribution in [1.82, 2.24) is 14.6 Å². The second-order valence-electron chi connectivity index (χ2n) is 6.65. The summed E-state index contributed by atoms with van der Waals surface area (Å²) < 4.78 is 32.9. The van der Waals surface area contributed by atoms with E-state index in [2.05, 4.69) is 10.3 Å². The Balaban J connectivity index is 1.83. The Morgan fingerprint density at radius 3 is 2.48 bits per heavy atom. The van der Waals surface area contributed by atoms with Gasteiger partial charge in [-0.3, -0.25) is 9.78 Å². The number of halogens is 1. The number of nitrogens with one attached hydrogen (secondary N) is 1. The predicted molar refractivity (Wildman–Crippen MR) is 118 cm³/mol. The zero-order valence-electron chi connectivity index (χ0n) is 16.9. The third kappa shape index (κ3) is 6.04. The molecule has 2 aromatic carbocycles. The third-order valence-electron chi connectivity index (χ3n) is 4.48. The molecule has 1 aromatic heterocycles. The highest BCUT2D eigenvalue weighted by molar-refractivity contribution is 7.89. The second-order valence-corrected chi connectivity index (χ2v) is 9.00. The molecule has 0 unspecified atom stereocenters. The molecule has 0 saturated heterocycles. The number of hydrogen-bond donors (Lipinski definition) is 1. The lowest BCUT2D eigenvalue weighted by molar-refractivity contribution is -0.121. The van der Waals surface area contributed by atoms with Crippen molar-refractivity contribution in [3.8, 4) is 5.75 Å². The molecular formula is C22H22ClN3O4S. The Labute approximate surface area is 186 Å². The van der Waals surface area contributed by atoms with Crippen molar-refractivity contribution in [1.29, 1.82) is 0 Å². The van der Waals surface area contributed by atoms with Gasteiger partial charge in [-0.15, -0.1) is 0 Å². The monoisotopic (exact) mass is 459 g/mol. The van der Waals surface area contributed by atoms with E-state index in [0.717, 1.165) is 9.87 Å². The Bertz CT molecular complexity index is 1130. The number of nitrogens with zero attached hydrogens (tertiary/aromatic N) is 2. The molecule has 7 nitrogen and oxygen atoms in total. The maximum absolute atomic E-state index is 13.3. The van der Waals surface area contributed by atoms with Gasteiger partial charge in [0.25, 0.3) is 0 Å². The number of sulfonamides is 1. The Kier molecular flexibility index (Phi) is 7.62. The van der Waals surface area contributed by atoms with Gasteiger partial charge in [-0.1, -0.05) is 48.0 Å². The third-order valence-corrected chi connectivity index (χ3v) is 6.56. The van der Waals surface area contributed by atoms with E-state index < -0.39 is 15.9 Å². The van der Waals surface area contributed by atoms with Gasteiger partial charge in [-0.05, 0) is 35.9 Å². The van der Waals surface area contributed by atoms with Crippen LogP contribution >= 0.6 is 11.6 Å². The summed E-state index contributed by atoms with van der Waals surface area (Å²) in [5.74, 6) is -0.0758. The SMILES string of the molecule is COc1ccc(S(=O)(=O)N(CC(=O)NCc2ccccn2)Cc2ccccc2)cc1Cl. The molecule has 0 aliphatic heterocycles. The van der Waals surface area contributed by atoms with Gasteiger partial charge >= 0.3 is 0 Å². The van der Waals surface area contributed by atoms with E-state index in [0.29, 0.717) is 11.4 Å². The minimum atomic E-state index is -4.01. The molecule has 0 saturated carbocycles. The molecule has 162 valence electrons. The average molecular weight is 460 g/mol. The van der Waals surface area contributed by atoms with Gasteiger partial charge in [0.15, 0.2) is 0 Å². The van der Waals surface area contributed by atoms with Crippen molar-refractivity contribution in [2.45, 2.75) is 18.0 Å². The van der Waals surface area contributed by atoms with Gasteiger partial charge in [0, 0.05) is 12.7 Å². The molecule has 0 radical (unpaired) electrons. The van der Waals surface area contributed by atoms with E-state index >= 15 is 0 Å². The minimum absolute atomic E-state index is 0.0215. The maximum Gasteiger partial charge on any atom is 0.243 e. The molecule has 1 N–H and O–H groups in total. The van der Waals surface area contributed by atoms with Crippen LogP contribution in [0.5, 0.6) is 5.75 Å². The molecule has 0 bridgehead atoms. The van der Waals surface area contributed by atoms with Crippen molar-refractivity contribution in [2.75, 3.05) is 13.7 Å². The first-order valence-corrected chi connectivity index (χ1v) is 11.3. The fourth-order valence-electron chi connectivity index (χ4n) is 2.88. The Hall–Kier alpha value is -2.94. The van der Waals surface area contributed by atoms with E-state index in [1.54, 1.807) is 30.5 Å². The van der Waals surface area contributed by atoms with Crippen LogP contribution in [0.4, 0.5) is 0 Å². The Morgan fingerprint density at radius 2 is 1.84 bits per heavy atom. The molecule has 3 aromatic rings. The van der Waals surface area contributed by atoms with Crippen LogP contribution in [0, 0.1) is 0 Å². The summed E-state index contributed by atoms with van der Waals surface area (Å²) in [4.78, 5) is 16.7. The molecule has 0 aliphatic rings. The number of carbonyl (C=O) groups excluding carboxylic acids is 1. The molecule has 0 fully saturated rings. The van der Waals surface area contributed by atoms with E-state index in [-0.39, 0.29) is 29.6 Å². The second kappa shape index (κ2) is 10.4. The highest BCUT2D eigenvalue weighted by Crippen LogP contribution is 2.29. The molecule has 3 rings (SSSR count). The van der Waals surface area contributed by atoms with Gasteiger partial charge < -0.3 is 10.1 Å². The van der Waals surface area contributed by atoms with Crippen LogP contribution in [0.2, 0.25) is 5.02 Å². The van der Waals surface area contributed by atoms with Gasteiger partial charge in [0.2, 0.25) is 15.9 Å². The first-order valence-electron chi connectivity index (χ1n) is 9.44. The highest BCUT2D eigenvalue weighted by Gasteiger charge is 2.27. The molecular weight excluding hydrogens is 438 g/mol. The van der Waals surface area contributed by atoms with Crippen LogP contribution in [0.1, 0.15) is 11.3 Å². The van der Waals surface area contributed by atoms with Crippen molar-refractivity contribution in [3.63, 3.8) is 0 Å². The van der Waals surface area contributed by atoms with Crippen LogP contribution in [0.3, 0.4) is 0 Å². The standard InChI is InChI=1S/C22H22ClN3O4S/c1-30-21-11-10-19(13-20(21)23)31(28,29)26(15-17-7-3-2-4-8-17)16-22(27)25-14-18-9-5-6-12-24-18/h2-13H,14-16H2,1H3,(H,25,27). The highest BCUT2D eigenvalue weighted by atomic mass is 35.5. The first-order chi connectivity index (χ1) is 14.9. The van der Waals surface area contributed by atoms with Gasteiger partial charge in [0.1, 0.15) is 5.75 Å². The lowest BCUT2D eigenvalue weighted by atomic mass is 10.2. The van der Waals surface area contributed by atoms with Crippen LogP contribution in [0.15, 0.2) is 77.8 Å². The van der Waals surface area contributed by atoms with Crippen LogP contribution in [-0.2, 0) is 27.9 Å². The maximum atomic E-state index is 13.3. The zero-order chi connectivity index (χ0) is 22.3. The van der Waals surface area contributed by atoms with Crippen molar-refractivity contribution < 1.29 is 17.9 Å². The topological polar surface area (TPSA) is 88.6 Å². The molecule has 1 amide bonds. The van der Waals surface area contributed by atoms with E-state index in [4.69, 9.17) is 16.3 Å². The summed E-state index contributed by atoms with van der Waals surface area (Å²) >= 11 is 6.13. The number of aromatic nitrogens is 1. The fraction of sp³-hybridized carbons (Fsp3) is 0.182. The van der Waals surface area contributed by atoms with Gasteiger partial charge in [0.05, 0.1) is 35.8 Å². The quantitative estimate of drug-likeness (QED) is 0.530. The molecule has 31 heavy (non-hydrogen) atoms. The number of carbonyl (C=O) groups is 1. The summed E-state index contributed by atoms with van der Waals surface area (Å²) in [5, 5.41) is 2.88. The summed E-state index contributed by atoms with van der Waals surface area (Å²) in [7, 11) is -2.56. The summed E-state index contributed by atoms with van der Waals surface area (Å²) in [6.45, 7) is -0.120. The molecule has 0 atom stereocenters. The lowest BCUT2D eigenvalue weighted by Gasteiger charge is -2.22. The van der Waals surface area contributed by atoms with Crippen molar-refractivity contribution >= 4 is 27.5 Å². The predicted octanol–water partition coefficient (Wildman–Crippen LogP) is 3.25. The molecule has 0 spiro atoms. The fourth-order valence-corrected chi connectivity index (χ4v) is 4.61. The van der Waals surface area contributed by atoms with Crippen molar-refractivity contribution in [3.05, 3.63) is 89.2 Å². The summed E-state index contributed by atoms with van der Waals surface area (Å²) in [5.41, 5.74) is 1.43. The van der Waals surface area contributed by atoms with E-state index in [1.807, 2.05) is 24.3 Å². The number of amides is 1. The van der Waals surface area contributed by atoms with E-state index in [9.17, 15) is 13.2 Å². The molecule has 0 aliphatic carbocycles. The number of methoxy groups -OCH3 is 1. The van der Waals surface area contributed by atoms with Crippen LogP contribution in [0.25, 0.3) is 0 Å². The number of ether oxygens (including phenoxy) is 1. The lowest BCUT2D eigenvalue weighted by Crippen LogP contribution is -2.40. The number of benzene rings is 2. The summed E-state index contributed by atoms with van der Waals surface area (Å²) in [6, 6.07) is 18.6. The number of hydrogen-bond acceptors (Lipinski definition) is 5. The van der Waals surface area contributed by atoms with Gasteiger partial charge in [-0.25, -0.2) is 8.42 Å². The first kappa shape index (κ1) is 22.7. The van der Waals surface area contributed by atoms with Gasteiger partial charge in [-0.2, -0.15) is 4.31 Å². The Morgan fingerprint density at radius 1 is 1.10 bits per heavy atom. The number of pyridine rings is 1. The van der Waals surface area contributed by atoms with E-state index in [1.165, 1.54) is 25.3 Å². The number of rotatable bonds is 9. The minimum Gasteiger partial charge on any atom is -0.495 e.